The summed E-state index contributed by atoms with van der Waals surface area (Å²) in [5.74, 6) is 1.31. The van der Waals surface area contributed by atoms with Crippen molar-refractivity contribution in [2.24, 2.45) is 0 Å². The number of aromatic nitrogens is 3. The molecule has 0 aliphatic rings. The number of anilines is 2. The maximum absolute atomic E-state index is 12.3. The van der Waals surface area contributed by atoms with Crippen molar-refractivity contribution >= 4 is 32.6 Å². The molecule has 0 spiro atoms. The number of hydrogen-bond donors (Lipinski definition) is 2. The average Bonchev–Trinajstić information content (AvgIpc) is 3.12. The highest BCUT2D eigenvalue weighted by molar-refractivity contribution is 7.92. The first-order chi connectivity index (χ1) is 14.7. The molecule has 2 aromatic heterocycles. The van der Waals surface area contributed by atoms with E-state index < -0.39 is 10.0 Å². The minimum atomic E-state index is -3.36. The van der Waals surface area contributed by atoms with E-state index in [0.29, 0.717) is 30.0 Å². The highest BCUT2D eigenvalue weighted by Gasteiger charge is 2.21. The Balaban J connectivity index is 1.68. The molecule has 2 heterocycles. The summed E-state index contributed by atoms with van der Waals surface area (Å²) >= 11 is 0. The number of aryl methyl sites for hydroxylation is 3. The third-order valence-electron chi connectivity index (χ3n) is 5.48. The van der Waals surface area contributed by atoms with Gasteiger partial charge in [0.1, 0.15) is 17.4 Å². The smallest absolute Gasteiger partial charge is 0.232 e. The van der Waals surface area contributed by atoms with Gasteiger partial charge in [0.15, 0.2) is 5.82 Å². The normalized spacial score (nSPS) is 12.9. The minimum absolute atomic E-state index is 0.0862. The first-order valence-corrected chi connectivity index (χ1v) is 12.1. The summed E-state index contributed by atoms with van der Waals surface area (Å²) in [5, 5.41) is 0. The van der Waals surface area contributed by atoms with Crippen LogP contribution in [0.25, 0.3) is 11.0 Å². The van der Waals surface area contributed by atoms with E-state index in [1.807, 2.05) is 26.8 Å². The van der Waals surface area contributed by atoms with Crippen LogP contribution in [0.2, 0.25) is 0 Å². The zero-order chi connectivity index (χ0) is 22.6. The molecule has 8 nitrogen and oxygen atoms in total. The molecule has 0 bridgehead atoms. The van der Waals surface area contributed by atoms with Gasteiger partial charge in [0.05, 0.1) is 11.3 Å². The van der Waals surface area contributed by atoms with Gasteiger partial charge < -0.3 is 15.0 Å². The van der Waals surface area contributed by atoms with Gasteiger partial charge in [-0.05, 0) is 51.3 Å². The number of imidazole rings is 1. The number of nitrogens with zero attached hydrogens (tertiary/aromatic N) is 3. The highest BCUT2D eigenvalue weighted by Crippen LogP contribution is 2.29. The molecule has 1 aromatic carbocycles. The van der Waals surface area contributed by atoms with E-state index in [9.17, 15) is 8.42 Å². The van der Waals surface area contributed by atoms with Gasteiger partial charge in [-0.25, -0.2) is 18.4 Å². The maximum Gasteiger partial charge on any atom is 0.232 e. The summed E-state index contributed by atoms with van der Waals surface area (Å²) in [6.45, 7) is 6.61. The van der Waals surface area contributed by atoms with Gasteiger partial charge in [0.25, 0.3) is 0 Å². The lowest BCUT2D eigenvalue weighted by atomic mass is 10.2. The lowest BCUT2D eigenvalue weighted by Crippen LogP contribution is -2.16. The van der Waals surface area contributed by atoms with Crippen molar-refractivity contribution in [3.63, 3.8) is 0 Å². The van der Waals surface area contributed by atoms with Gasteiger partial charge in [-0.3, -0.25) is 4.72 Å². The van der Waals surface area contributed by atoms with E-state index in [0.717, 1.165) is 35.4 Å². The Morgan fingerprint density at radius 2 is 1.84 bits per heavy atom. The Morgan fingerprint density at radius 1 is 1.13 bits per heavy atom. The van der Waals surface area contributed by atoms with Crippen LogP contribution in [-0.4, -0.2) is 35.8 Å². The van der Waals surface area contributed by atoms with E-state index in [-0.39, 0.29) is 11.9 Å². The molecule has 0 aliphatic heterocycles. The van der Waals surface area contributed by atoms with E-state index in [4.69, 9.17) is 15.5 Å². The number of pyridine rings is 1. The summed E-state index contributed by atoms with van der Waals surface area (Å²) in [6, 6.07) is 8.94. The lowest BCUT2D eigenvalue weighted by Gasteiger charge is -2.15. The topological polar surface area (TPSA) is 112 Å². The van der Waals surface area contributed by atoms with Gasteiger partial charge in [-0.1, -0.05) is 24.6 Å². The number of methoxy groups -OCH3 is 1. The van der Waals surface area contributed by atoms with Gasteiger partial charge in [0, 0.05) is 25.0 Å². The fourth-order valence-corrected chi connectivity index (χ4v) is 4.82. The van der Waals surface area contributed by atoms with Gasteiger partial charge in [0.2, 0.25) is 10.0 Å². The quantitative estimate of drug-likeness (QED) is 0.457. The molecule has 3 aromatic rings. The van der Waals surface area contributed by atoms with Gasteiger partial charge >= 0.3 is 0 Å². The molecule has 3 N–H and O–H groups in total. The van der Waals surface area contributed by atoms with E-state index in [1.54, 1.807) is 31.4 Å². The number of unbranched alkanes of at least 4 members (excludes halogenated alkanes) is 2. The van der Waals surface area contributed by atoms with Crippen molar-refractivity contribution in [3.05, 3.63) is 47.4 Å². The number of hydrogen-bond acceptors (Lipinski definition) is 6. The fourth-order valence-electron chi connectivity index (χ4n) is 3.64. The second kappa shape index (κ2) is 9.65. The molecule has 0 radical (unpaired) electrons. The van der Waals surface area contributed by atoms with Crippen LogP contribution in [0.4, 0.5) is 11.5 Å². The lowest BCUT2D eigenvalue weighted by molar-refractivity contribution is 0.109. The van der Waals surface area contributed by atoms with Gasteiger partial charge in [-0.15, -0.1) is 0 Å². The monoisotopic (exact) mass is 445 g/mol. The molecule has 0 amide bonds. The van der Waals surface area contributed by atoms with Crippen LogP contribution in [-0.2, 0) is 21.3 Å². The van der Waals surface area contributed by atoms with Gasteiger partial charge in [-0.2, -0.15) is 0 Å². The number of benzene rings is 1. The Morgan fingerprint density at radius 3 is 2.52 bits per heavy atom. The fraction of sp³-hybridized carbons (Fsp3) is 0.455. The second-order valence-corrected chi connectivity index (χ2v) is 9.59. The zero-order valence-corrected chi connectivity index (χ0v) is 19.4. The molecule has 168 valence electrons. The average molecular weight is 446 g/mol. The van der Waals surface area contributed by atoms with E-state index in [2.05, 4.69) is 14.3 Å². The van der Waals surface area contributed by atoms with Crippen LogP contribution in [0.3, 0.4) is 0 Å². The Kier molecular flexibility index (Phi) is 7.17. The third-order valence-corrected chi connectivity index (χ3v) is 6.86. The summed E-state index contributed by atoms with van der Waals surface area (Å²) in [4.78, 5) is 9.11. The Bertz CT molecular complexity index is 1140. The van der Waals surface area contributed by atoms with Crippen LogP contribution >= 0.6 is 0 Å². The molecule has 1 unspecified atom stereocenters. The largest absolute Gasteiger partial charge is 0.382 e. The van der Waals surface area contributed by atoms with Crippen LogP contribution in [0.1, 0.15) is 49.4 Å². The van der Waals surface area contributed by atoms with Crippen LogP contribution in [0.5, 0.6) is 0 Å². The first-order valence-electron chi connectivity index (χ1n) is 10.4. The number of fused-ring (bicyclic) bond motifs is 1. The molecule has 3 rings (SSSR count). The van der Waals surface area contributed by atoms with E-state index >= 15 is 0 Å². The number of nitrogen functional groups attached to an aromatic ring is 1. The summed E-state index contributed by atoms with van der Waals surface area (Å²) in [5.41, 5.74) is 10.3. The number of sulfonamides is 1. The van der Waals surface area contributed by atoms with E-state index in [1.165, 1.54) is 0 Å². The van der Waals surface area contributed by atoms with Crippen LogP contribution < -0.4 is 10.5 Å². The number of rotatable bonds is 10. The van der Waals surface area contributed by atoms with Crippen molar-refractivity contribution in [1.29, 1.82) is 0 Å². The van der Waals surface area contributed by atoms with Crippen molar-refractivity contribution in [2.75, 3.05) is 23.3 Å². The number of ether oxygens (including phenoxy) is 1. The molecule has 31 heavy (non-hydrogen) atoms. The van der Waals surface area contributed by atoms with Crippen LogP contribution in [0.15, 0.2) is 30.3 Å². The van der Waals surface area contributed by atoms with Crippen LogP contribution in [0, 0.1) is 13.8 Å². The zero-order valence-electron chi connectivity index (χ0n) is 18.6. The highest BCUT2D eigenvalue weighted by atomic mass is 32.2. The predicted molar refractivity (Wildman–Crippen MR) is 125 cm³/mol. The molecule has 0 saturated heterocycles. The maximum atomic E-state index is 12.3. The molecule has 0 fully saturated rings. The number of nitrogens with one attached hydrogen (secondary N) is 1. The molecular formula is C22H31N5O3S. The molecule has 9 heteroatoms. The molecule has 0 aliphatic carbocycles. The first kappa shape index (κ1) is 23.0. The Labute approximate surface area is 183 Å². The van der Waals surface area contributed by atoms with Crippen molar-refractivity contribution < 1.29 is 13.2 Å². The third kappa shape index (κ3) is 5.34. The summed E-state index contributed by atoms with van der Waals surface area (Å²) in [6.07, 6.45) is 1.97. The van der Waals surface area contributed by atoms with Crippen molar-refractivity contribution in [2.45, 2.75) is 52.7 Å². The molecule has 0 saturated carbocycles. The molecular weight excluding hydrogens is 414 g/mol. The summed E-state index contributed by atoms with van der Waals surface area (Å²) in [7, 11) is -1.71. The Hall–Kier alpha value is -2.65. The number of nitrogens with two attached hydrogens (primary N) is 1. The predicted octanol–water partition coefficient (Wildman–Crippen LogP) is 3.95. The molecule has 1 atom stereocenters. The van der Waals surface area contributed by atoms with Crippen molar-refractivity contribution in [1.82, 2.24) is 14.5 Å². The standard InChI is InChI=1S/C22H31N5O3S/c1-15-16(2)24-21(23)19-20(15)27(22(25-19)17(3)30-4)13-9-6-10-14-31(28,29)26-18-11-7-5-8-12-18/h5,7-8,11-12,17,26H,6,9-10,13-14H2,1-4H3,(H2,23,24). The second-order valence-electron chi connectivity index (χ2n) is 7.75. The number of para-hydroxylation sites is 1. The SMILES string of the molecule is COC(C)c1nc2c(N)nc(C)c(C)c2n1CCCCCS(=O)(=O)Nc1ccccc1. The van der Waals surface area contributed by atoms with Crippen molar-refractivity contribution in [3.8, 4) is 0 Å². The minimum Gasteiger partial charge on any atom is -0.382 e. The summed E-state index contributed by atoms with van der Waals surface area (Å²) < 4.78 is 34.9.